The van der Waals surface area contributed by atoms with Crippen LogP contribution in [0.15, 0.2) is 42.5 Å². The van der Waals surface area contributed by atoms with E-state index in [9.17, 15) is 18.0 Å². The predicted octanol–water partition coefficient (Wildman–Crippen LogP) is 3.83. The molecule has 2 N–H and O–H groups in total. The van der Waals surface area contributed by atoms with Crippen LogP contribution >= 0.6 is 0 Å². The van der Waals surface area contributed by atoms with Crippen molar-refractivity contribution in [3.05, 3.63) is 64.7 Å². The van der Waals surface area contributed by atoms with Crippen LogP contribution in [0.25, 0.3) is 0 Å². The number of anilines is 1. The van der Waals surface area contributed by atoms with Gasteiger partial charge in [-0.15, -0.1) is 0 Å². The molecule has 2 rings (SSSR count). The van der Waals surface area contributed by atoms with E-state index in [-0.39, 0.29) is 5.56 Å². The molecule has 0 aliphatic carbocycles. The topological polar surface area (TPSA) is 43.1 Å². The van der Waals surface area contributed by atoms with Gasteiger partial charge in [0.05, 0.1) is 11.3 Å². The summed E-state index contributed by atoms with van der Waals surface area (Å²) in [5, 5.41) is 0. The van der Waals surface area contributed by atoms with Gasteiger partial charge < -0.3 is 5.73 Å². The molecule has 0 bridgehead atoms. The summed E-state index contributed by atoms with van der Waals surface area (Å²) in [4.78, 5) is 12.3. The molecule has 104 valence electrons. The molecule has 0 amide bonds. The van der Waals surface area contributed by atoms with Crippen LogP contribution in [0.5, 0.6) is 0 Å². The van der Waals surface area contributed by atoms with E-state index in [4.69, 9.17) is 5.73 Å². The quantitative estimate of drug-likeness (QED) is 0.670. The highest BCUT2D eigenvalue weighted by molar-refractivity contribution is 6.13. The number of nitrogen functional groups attached to an aromatic ring is 1. The van der Waals surface area contributed by atoms with Gasteiger partial charge in [0.25, 0.3) is 0 Å². The predicted molar refractivity (Wildman–Crippen MR) is 70.5 cm³/mol. The Bertz CT molecular complexity index is 662. The maximum atomic E-state index is 12.8. The minimum absolute atomic E-state index is 0.130. The third-order valence-corrected chi connectivity index (χ3v) is 3.05. The SMILES string of the molecule is Cc1ccccc1C(=O)c1cccc(C(F)(F)F)c1N. The van der Waals surface area contributed by atoms with E-state index in [0.717, 1.165) is 6.07 Å². The molecule has 0 saturated carbocycles. The van der Waals surface area contributed by atoms with E-state index in [1.54, 1.807) is 31.2 Å². The molecule has 0 aromatic heterocycles. The van der Waals surface area contributed by atoms with Crippen LogP contribution in [0.1, 0.15) is 27.0 Å². The number of benzene rings is 2. The van der Waals surface area contributed by atoms with Gasteiger partial charge in [0, 0.05) is 11.1 Å². The number of ketones is 1. The minimum Gasteiger partial charge on any atom is -0.398 e. The highest BCUT2D eigenvalue weighted by Gasteiger charge is 2.34. The molecule has 0 unspecified atom stereocenters. The standard InChI is InChI=1S/C15H12F3NO/c1-9-5-2-3-6-10(9)14(20)11-7-4-8-12(13(11)19)15(16,17)18/h2-8H,19H2,1H3. The van der Waals surface area contributed by atoms with Gasteiger partial charge in [0.15, 0.2) is 5.78 Å². The molecule has 0 spiro atoms. The van der Waals surface area contributed by atoms with Crippen LogP contribution in [0.2, 0.25) is 0 Å². The van der Waals surface area contributed by atoms with E-state index in [1.807, 2.05) is 0 Å². The average Bonchev–Trinajstić information content (AvgIpc) is 2.37. The highest BCUT2D eigenvalue weighted by Crippen LogP contribution is 2.35. The van der Waals surface area contributed by atoms with Crippen molar-refractivity contribution in [1.29, 1.82) is 0 Å². The lowest BCUT2D eigenvalue weighted by atomic mass is 9.96. The fourth-order valence-corrected chi connectivity index (χ4v) is 1.98. The summed E-state index contributed by atoms with van der Waals surface area (Å²) in [5.41, 5.74) is 4.90. The number of halogens is 3. The van der Waals surface area contributed by atoms with E-state index in [2.05, 4.69) is 0 Å². The first kappa shape index (κ1) is 14.1. The Morgan fingerprint density at radius 3 is 2.20 bits per heavy atom. The van der Waals surface area contributed by atoms with Crippen molar-refractivity contribution in [3.8, 4) is 0 Å². The van der Waals surface area contributed by atoms with Crippen LogP contribution in [-0.4, -0.2) is 5.78 Å². The van der Waals surface area contributed by atoms with Gasteiger partial charge in [0.2, 0.25) is 0 Å². The second-order valence-electron chi connectivity index (χ2n) is 4.41. The number of carbonyl (C=O) groups is 1. The summed E-state index contributed by atoms with van der Waals surface area (Å²) in [7, 11) is 0. The fourth-order valence-electron chi connectivity index (χ4n) is 1.98. The normalized spacial score (nSPS) is 11.4. The molecule has 0 saturated heterocycles. The molecular formula is C15H12F3NO. The molecule has 20 heavy (non-hydrogen) atoms. The van der Waals surface area contributed by atoms with Gasteiger partial charge >= 0.3 is 6.18 Å². The highest BCUT2D eigenvalue weighted by atomic mass is 19.4. The second-order valence-corrected chi connectivity index (χ2v) is 4.41. The van der Waals surface area contributed by atoms with Crippen molar-refractivity contribution in [2.24, 2.45) is 0 Å². The molecular weight excluding hydrogens is 267 g/mol. The summed E-state index contributed by atoms with van der Waals surface area (Å²) in [5.74, 6) is -0.508. The third-order valence-electron chi connectivity index (χ3n) is 3.05. The average molecular weight is 279 g/mol. The van der Waals surface area contributed by atoms with Crippen LogP contribution in [-0.2, 0) is 6.18 Å². The van der Waals surface area contributed by atoms with Gasteiger partial charge in [-0.05, 0) is 24.6 Å². The maximum Gasteiger partial charge on any atom is 0.418 e. The van der Waals surface area contributed by atoms with Gasteiger partial charge in [-0.3, -0.25) is 4.79 Å². The number of hydrogen-bond acceptors (Lipinski definition) is 2. The van der Waals surface area contributed by atoms with Crippen LogP contribution in [0.4, 0.5) is 18.9 Å². The largest absolute Gasteiger partial charge is 0.418 e. The van der Waals surface area contributed by atoms with Crippen molar-refractivity contribution in [2.45, 2.75) is 13.1 Å². The Labute approximate surface area is 114 Å². The van der Waals surface area contributed by atoms with E-state index in [0.29, 0.717) is 11.1 Å². The maximum absolute atomic E-state index is 12.8. The molecule has 0 heterocycles. The Hall–Kier alpha value is -2.30. The Morgan fingerprint density at radius 2 is 1.60 bits per heavy atom. The number of alkyl halides is 3. The van der Waals surface area contributed by atoms with Gasteiger partial charge in [-0.25, -0.2) is 0 Å². The lowest BCUT2D eigenvalue weighted by Gasteiger charge is -2.13. The fraction of sp³-hybridized carbons (Fsp3) is 0.133. The molecule has 0 fully saturated rings. The van der Waals surface area contributed by atoms with Crippen LogP contribution < -0.4 is 5.73 Å². The summed E-state index contributed by atoms with van der Waals surface area (Å²) < 4.78 is 38.3. The molecule has 0 aliphatic heterocycles. The molecule has 0 atom stereocenters. The van der Waals surface area contributed by atoms with Crippen LogP contribution in [0.3, 0.4) is 0 Å². The zero-order valence-corrected chi connectivity index (χ0v) is 10.7. The van der Waals surface area contributed by atoms with Gasteiger partial charge in [0.1, 0.15) is 0 Å². The van der Waals surface area contributed by atoms with Gasteiger partial charge in [-0.2, -0.15) is 13.2 Å². The summed E-state index contributed by atoms with van der Waals surface area (Å²) >= 11 is 0. The lowest BCUT2D eigenvalue weighted by molar-refractivity contribution is -0.136. The molecule has 2 nitrogen and oxygen atoms in total. The summed E-state index contributed by atoms with van der Waals surface area (Å²) in [6, 6.07) is 10.0. The lowest BCUT2D eigenvalue weighted by Crippen LogP contribution is -2.14. The Balaban J connectivity index is 2.55. The number of carbonyl (C=O) groups excluding carboxylic acids is 1. The smallest absolute Gasteiger partial charge is 0.398 e. The first-order valence-electron chi connectivity index (χ1n) is 5.88. The molecule has 0 aliphatic rings. The van der Waals surface area contributed by atoms with Crippen molar-refractivity contribution >= 4 is 11.5 Å². The first-order valence-corrected chi connectivity index (χ1v) is 5.88. The number of hydrogen-bond donors (Lipinski definition) is 1. The third kappa shape index (κ3) is 2.52. The summed E-state index contributed by atoms with van der Waals surface area (Å²) in [6.07, 6.45) is -4.58. The summed E-state index contributed by atoms with van der Waals surface area (Å²) in [6.45, 7) is 1.72. The minimum atomic E-state index is -4.58. The second kappa shape index (κ2) is 5.00. The molecule has 0 radical (unpaired) electrons. The monoisotopic (exact) mass is 279 g/mol. The van der Waals surface area contributed by atoms with Crippen molar-refractivity contribution < 1.29 is 18.0 Å². The van der Waals surface area contributed by atoms with Crippen molar-refractivity contribution in [1.82, 2.24) is 0 Å². The number of aryl methyl sites for hydroxylation is 1. The van der Waals surface area contributed by atoms with Crippen LogP contribution in [0, 0.1) is 6.92 Å². The zero-order chi connectivity index (χ0) is 14.9. The van der Waals surface area contributed by atoms with Crippen molar-refractivity contribution in [2.75, 3.05) is 5.73 Å². The Morgan fingerprint density at radius 1 is 1.00 bits per heavy atom. The molecule has 5 heteroatoms. The zero-order valence-electron chi connectivity index (χ0n) is 10.7. The number of rotatable bonds is 2. The van der Waals surface area contributed by atoms with E-state index >= 15 is 0 Å². The number of nitrogens with two attached hydrogens (primary N) is 1. The Kier molecular flexibility index (Phi) is 3.53. The molecule has 2 aromatic rings. The van der Waals surface area contributed by atoms with E-state index < -0.39 is 23.2 Å². The van der Waals surface area contributed by atoms with Crippen molar-refractivity contribution in [3.63, 3.8) is 0 Å². The number of para-hydroxylation sites is 1. The van der Waals surface area contributed by atoms with Gasteiger partial charge in [-0.1, -0.05) is 30.3 Å². The molecule has 2 aromatic carbocycles. The van der Waals surface area contributed by atoms with E-state index in [1.165, 1.54) is 12.1 Å². The first-order chi connectivity index (χ1) is 9.32.